The van der Waals surface area contributed by atoms with E-state index in [1.54, 1.807) is 11.8 Å². The van der Waals surface area contributed by atoms with Crippen molar-refractivity contribution in [2.24, 2.45) is 11.8 Å². The quantitative estimate of drug-likeness (QED) is 0.757. The largest absolute Gasteiger partial charge is 0.469 e. The number of methoxy groups -OCH3 is 1. The average molecular weight is 291 g/mol. The monoisotopic (exact) mass is 291 g/mol. The Kier molecular flexibility index (Phi) is 6.40. The fourth-order valence-electron chi connectivity index (χ4n) is 2.27. The third kappa shape index (κ3) is 4.88. The van der Waals surface area contributed by atoms with Gasteiger partial charge in [-0.25, -0.2) is 0 Å². The van der Waals surface area contributed by atoms with E-state index in [4.69, 9.17) is 4.74 Å². The molecule has 0 saturated heterocycles. The molecular weight excluding hydrogens is 266 g/mol. The number of ether oxygens (including phenoxy) is 1. The molecule has 0 aromatic heterocycles. The Balaban J connectivity index is 2.94. The lowest BCUT2D eigenvalue weighted by molar-refractivity contribution is -0.145. The molecule has 0 spiro atoms. The van der Waals surface area contributed by atoms with Crippen molar-refractivity contribution < 1.29 is 14.3 Å². The van der Waals surface area contributed by atoms with Crippen LogP contribution in [0.25, 0.3) is 0 Å². The van der Waals surface area contributed by atoms with E-state index in [2.05, 4.69) is 13.8 Å². The maximum absolute atomic E-state index is 12.7. The molecule has 0 aliphatic rings. The first kappa shape index (κ1) is 17.2. The van der Waals surface area contributed by atoms with Gasteiger partial charge in [-0.3, -0.25) is 9.59 Å². The van der Waals surface area contributed by atoms with Crippen LogP contribution in [0, 0.1) is 18.8 Å². The normalized spacial score (nSPS) is 12.1. The van der Waals surface area contributed by atoms with E-state index in [9.17, 15) is 9.59 Å². The molecule has 1 amide bonds. The molecule has 0 aliphatic heterocycles. The van der Waals surface area contributed by atoms with Crippen LogP contribution in [0.2, 0.25) is 0 Å². The summed E-state index contributed by atoms with van der Waals surface area (Å²) in [6.07, 6.45) is 0. The van der Waals surface area contributed by atoms with Crippen LogP contribution in [0.1, 0.15) is 36.7 Å². The molecule has 1 unspecified atom stereocenters. The van der Waals surface area contributed by atoms with Gasteiger partial charge in [0.15, 0.2) is 0 Å². The van der Waals surface area contributed by atoms with Crippen LogP contribution >= 0.6 is 0 Å². The summed E-state index contributed by atoms with van der Waals surface area (Å²) in [5.41, 5.74) is 1.64. The zero-order valence-electron chi connectivity index (χ0n) is 13.6. The van der Waals surface area contributed by atoms with E-state index < -0.39 is 0 Å². The number of rotatable bonds is 6. The van der Waals surface area contributed by atoms with E-state index in [0.29, 0.717) is 24.6 Å². The van der Waals surface area contributed by atoms with Crippen LogP contribution in [0.5, 0.6) is 0 Å². The van der Waals surface area contributed by atoms with E-state index in [1.807, 2.05) is 31.2 Å². The van der Waals surface area contributed by atoms with E-state index >= 15 is 0 Å². The molecule has 0 bridgehead atoms. The predicted molar refractivity (Wildman–Crippen MR) is 83.1 cm³/mol. The zero-order chi connectivity index (χ0) is 16.0. The summed E-state index contributed by atoms with van der Waals surface area (Å²) in [6, 6.07) is 7.52. The van der Waals surface area contributed by atoms with Crippen molar-refractivity contribution in [1.29, 1.82) is 0 Å². The number of carbonyl (C=O) groups excluding carboxylic acids is 2. The van der Waals surface area contributed by atoms with E-state index in [1.165, 1.54) is 7.11 Å². The summed E-state index contributed by atoms with van der Waals surface area (Å²) in [5, 5.41) is 0. The van der Waals surface area contributed by atoms with Gasteiger partial charge in [0, 0.05) is 18.7 Å². The second-order valence-corrected chi connectivity index (χ2v) is 5.84. The smallest absolute Gasteiger partial charge is 0.310 e. The molecule has 1 aromatic rings. The van der Waals surface area contributed by atoms with Gasteiger partial charge in [-0.15, -0.1) is 0 Å². The Morgan fingerprint density at radius 2 is 1.76 bits per heavy atom. The van der Waals surface area contributed by atoms with Gasteiger partial charge in [0.25, 0.3) is 5.91 Å². The first-order valence-electron chi connectivity index (χ1n) is 7.29. The SMILES string of the molecule is COC(=O)C(C)CN(CC(C)C)C(=O)c1ccccc1C. The van der Waals surface area contributed by atoms with E-state index in [-0.39, 0.29) is 17.8 Å². The summed E-state index contributed by atoms with van der Waals surface area (Å²) in [7, 11) is 1.37. The fraction of sp³-hybridized carbons (Fsp3) is 0.529. The summed E-state index contributed by atoms with van der Waals surface area (Å²) < 4.78 is 4.75. The first-order valence-corrected chi connectivity index (χ1v) is 7.29. The number of hydrogen-bond acceptors (Lipinski definition) is 3. The predicted octanol–water partition coefficient (Wildman–Crippen LogP) is 2.90. The lowest BCUT2D eigenvalue weighted by Gasteiger charge is -2.27. The Bertz CT molecular complexity index is 497. The molecular formula is C17H25NO3. The third-order valence-electron chi connectivity index (χ3n) is 3.35. The van der Waals surface area contributed by atoms with Crippen LogP contribution in [0.3, 0.4) is 0 Å². The standard InChI is InChI=1S/C17H25NO3/c1-12(2)10-18(11-14(4)17(20)21-5)16(19)15-9-7-6-8-13(15)3/h6-9,12,14H,10-11H2,1-5H3. The molecule has 0 aliphatic carbocycles. The molecule has 0 heterocycles. The van der Waals surface area contributed by atoms with Gasteiger partial charge in [-0.2, -0.15) is 0 Å². The minimum atomic E-state index is -0.332. The maximum atomic E-state index is 12.7. The Labute approximate surface area is 127 Å². The van der Waals surface area contributed by atoms with Crippen LogP contribution in [-0.2, 0) is 9.53 Å². The topological polar surface area (TPSA) is 46.6 Å². The zero-order valence-corrected chi connectivity index (χ0v) is 13.6. The highest BCUT2D eigenvalue weighted by molar-refractivity contribution is 5.95. The Hall–Kier alpha value is -1.84. The number of hydrogen-bond donors (Lipinski definition) is 0. The van der Waals surface area contributed by atoms with Gasteiger partial charge in [0.05, 0.1) is 13.0 Å². The summed E-state index contributed by atoms with van der Waals surface area (Å²) >= 11 is 0. The molecule has 0 N–H and O–H groups in total. The Morgan fingerprint density at radius 1 is 1.14 bits per heavy atom. The van der Waals surface area contributed by atoms with Crippen molar-refractivity contribution in [2.75, 3.05) is 20.2 Å². The average Bonchev–Trinajstić information content (AvgIpc) is 2.44. The molecule has 1 atom stereocenters. The van der Waals surface area contributed by atoms with Crippen molar-refractivity contribution in [3.63, 3.8) is 0 Å². The molecule has 116 valence electrons. The van der Waals surface area contributed by atoms with Crippen molar-refractivity contribution in [3.05, 3.63) is 35.4 Å². The molecule has 0 fully saturated rings. The number of amides is 1. The number of benzene rings is 1. The first-order chi connectivity index (χ1) is 9.86. The third-order valence-corrected chi connectivity index (χ3v) is 3.35. The molecule has 1 rings (SSSR count). The van der Waals surface area contributed by atoms with Crippen LogP contribution in [0.4, 0.5) is 0 Å². The van der Waals surface area contributed by atoms with Gasteiger partial charge in [-0.05, 0) is 24.5 Å². The minimum absolute atomic E-state index is 0.0300. The molecule has 1 aromatic carbocycles. The van der Waals surface area contributed by atoms with Gasteiger partial charge in [0.2, 0.25) is 0 Å². The van der Waals surface area contributed by atoms with Gasteiger partial charge >= 0.3 is 5.97 Å². The summed E-state index contributed by atoms with van der Waals surface area (Å²) in [4.78, 5) is 26.1. The summed E-state index contributed by atoms with van der Waals surface area (Å²) in [6.45, 7) is 8.81. The van der Waals surface area contributed by atoms with Crippen LogP contribution < -0.4 is 0 Å². The second kappa shape index (κ2) is 7.81. The van der Waals surface area contributed by atoms with Crippen LogP contribution in [0.15, 0.2) is 24.3 Å². The lowest BCUT2D eigenvalue weighted by atomic mass is 10.0. The maximum Gasteiger partial charge on any atom is 0.310 e. The highest BCUT2D eigenvalue weighted by atomic mass is 16.5. The summed E-state index contributed by atoms with van der Waals surface area (Å²) in [5.74, 6) is -0.316. The van der Waals surface area contributed by atoms with Crippen molar-refractivity contribution >= 4 is 11.9 Å². The highest BCUT2D eigenvalue weighted by Crippen LogP contribution is 2.14. The number of aryl methyl sites for hydroxylation is 1. The Morgan fingerprint density at radius 3 is 2.29 bits per heavy atom. The molecule has 4 nitrogen and oxygen atoms in total. The minimum Gasteiger partial charge on any atom is -0.469 e. The fourth-order valence-corrected chi connectivity index (χ4v) is 2.27. The van der Waals surface area contributed by atoms with Crippen molar-refractivity contribution in [1.82, 2.24) is 4.90 Å². The molecule has 0 radical (unpaired) electrons. The molecule has 0 saturated carbocycles. The van der Waals surface area contributed by atoms with Crippen molar-refractivity contribution in [3.8, 4) is 0 Å². The highest BCUT2D eigenvalue weighted by Gasteiger charge is 2.23. The molecule has 21 heavy (non-hydrogen) atoms. The van der Waals surface area contributed by atoms with Gasteiger partial charge in [0.1, 0.15) is 0 Å². The van der Waals surface area contributed by atoms with Crippen molar-refractivity contribution in [2.45, 2.75) is 27.7 Å². The number of carbonyl (C=O) groups is 2. The van der Waals surface area contributed by atoms with Gasteiger partial charge < -0.3 is 9.64 Å². The number of nitrogens with zero attached hydrogens (tertiary/aromatic N) is 1. The second-order valence-electron chi connectivity index (χ2n) is 5.84. The van der Waals surface area contributed by atoms with E-state index in [0.717, 1.165) is 5.56 Å². The van der Waals surface area contributed by atoms with Crippen LogP contribution in [-0.4, -0.2) is 37.0 Å². The number of esters is 1. The van der Waals surface area contributed by atoms with Gasteiger partial charge in [-0.1, -0.05) is 39.0 Å². The molecule has 4 heteroatoms. The lowest BCUT2D eigenvalue weighted by Crippen LogP contribution is -2.39.